The van der Waals surface area contributed by atoms with E-state index in [9.17, 15) is 34.2 Å². The second kappa shape index (κ2) is 13.6. The van der Waals surface area contributed by atoms with Crippen molar-refractivity contribution < 1.29 is 39.3 Å². The van der Waals surface area contributed by atoms with Gasteiger partial charge in [-0.15, -0.1) is 0 Å². The van der Waals surface area contributed by atoms with Crippen LogP contribution in [0, 0.1) is 0 Å². The number of benzene rings is 2. The molecule has 0 saturated heterocycles. The van der Waals surface area contributed by atoms with Crippen LogP contribution in [0.25, 0.3) is 21.8 Å². The van der Waals surface area contributed by atoms with Crippen LogP contribution in [0.4, 0.5) is 0 Å². The Morgan fingerprint density at radius 3 is 1.72 bits per heavy atom. The third-order valence-electron chi connectivity index (χ3n) is 6.99. The van der Waals surface area contributed by atoms with Crippen molar-refractivity contribution in [2.24, 2.45) is 5.73 Å². The smallest absolute Gasteiger partial charge is 0.326 e. The number of rotatable bonds is 14. The Hall–Kier alpha value is -5.21. The summed E-state index contributed by atoms with van der Waals surface area (Å²) in [5, 5.41) is 37.0. The number of aromatic nitrogens is 2. The number of hydrogen-bond acceptors (Lipinski definition) is 7. The maximum absolute atomic E-state index is 13.2. The molecule has 43 heavy (non-hydrogen) atoms. The molecule has 0 bridgehead atoms. The van der Waals surface area contributed by atoms with Gasteiger partial charge in [-0.1, -0.05) is 36.4 Å². The van der Waals surface area contributed by atoms with E-state index in [0.29, 0.717) is 5.56 Å². The van der Waals surface area contributed by atoms with Crippen LogP contribution in [-0.4, -0.2) is 85.7 Å². The van der Waals surface area contributed by atoms with Crippen molar-refractivity contribution in [1.29, 1.82) is 0 Å². The van der Waals surface area contributed by atoms with Gasteiger partial charge in [-0.2, -0.15) is 0 Å². The molecule has 4 unspecified atom stereocenters. The van der Waals surface area contributed by atoms with E-state index in [-0.39, 0.29) is 12.8 Å². The van der Waals surface area contributed by atoms with Crippen molar-refractivity contribution in [3.05, 3.63) is 72.1 Å². The van der Waals surface area contributed by atoms with Crippen molar-refractivity contribution in [3.63, 3.8) is 0 Å². The van der Waals surface area contributed by atoms with Gasteiger partial charge in [-0.3, -0.25) is 19.2 Å². The summed E-state index contributed by atoms with van der Waals surface area (Å²) < 4.78 is 0. The summed E-state index contributed by atoms with van der Waals surface area (Å²) in [7, 11) is 0. The number of carboxylic acid groups (broad SMARTS) is 2. The van der Waals surface area contributed by atoms with Gasteiger partial charge in [0.25, 0.3) is 0 Å². The number of amides is 3. The lowest BCUT2D eigenvalue weighted by molar-refractivity contribution is -0.147. The molecule has 14 heteroatoms. The molecule has 0 radical (unpaired) electrons. The first kappa shape index (κ1) is 30.7. The van der Waals surface area contributed by atoms with E-state index in [1.54, 1.807) is 36.7 Å². The topological polar surface area (TPSA) is 240 Å². The van der Waals surface area contributed by atoms with Gasteiger partial charge in [-0.05, 0) is 29.7 Å². The van der Waals surface area contributed by atoms with E-state index in [1.807, 2.05) is 24.3 Å². The fourth-order valence-corrected chi connectivity index (χ4v) is 4.75. The fourth-order valence-electron chi connectivity index (χ4n) is 4.75. The van der Waals surface area contributed by atoms with E-state index in [0.717, 1.165) is 27.4 Å². The summed E-state index contributed by atoms with van der Waals surface area (Å²) in [4.78, 5) is 68.1. The Balaban J connectivity index is 1.48. The highest BCUT2D eigenvalue weighted by molar-refractivity contribution is 5.95. The minimum atomic E-state index is -1.76. The molecule has 0 fully saturated rings. The number of H-pyrrole nitrogens is 2. The average molecular weight is 593 g/mol. The molecule has 3 amide bonds. The molecule has 14 nitrogen and oxygen atoms in total. The molecule has 4 aromatic rings. The van der Waals surface area contributed by atoms with E-state index < -0.39 is 66.9 Å². The number of nitrogens with two attached hydrogens (primary N) is 1. The van der Waals surface area contributed by atoms with Crippen molar-refractivity contribution in [2.75, 3.05) is 6.61 Å². The molecule has 0 spiro atoms. The van der Waals surface area contributed by atoms with Crippen LogP contribution in [0.3, 0.4) is 0 Å². The van der Waals surface area contributed by atoms with Crippen LogP contribution >= 0.6 is 0 Å². The zero-order chi connectivity index (χ0) is 31.1. The number of nitrogens with one attached hydrogen (secondary N) is 5. The third kappa shape index (κ3) is 7.55. The number of aliphatic carboxylic acids is 2. The highest BCUT2D eigenvalue weighted by Crippen LogP contribution is 2.20. The Morgan fingerprint density at radius 1 is 0.698 bits per heavy atom. The number of carboxylic acids is 2. The lowest BCUT2D eigenvalue weighted by atomic mass is 10.0. The summed E-state index contributed by atoms with van der Waals surface area (Å²) in [6.07, 6.45) is 2.49. The average Bonchev–Trinajstić information content (AvgIpc) is 3.58. The number of carbonyl (C=O) groups excluding carboxylic acids is 3. The largest absolute Gasteiger partial charge is 0.481 e. The van der Waals surface area contributed by atoms with Crippen molar-refractivity contribution in [1.82, 2.24) is 25.9 Å². The van der Waals surface area contributed by atoms with Crippen LogP contribution in [0.2, 0.25) is 0 Å². The first-order valence-corrected chi connectivity index (χ1v) is 13.4. The predicted octanol–water partition coefficient (Wildman–Crippen LogP) is -0.232. The van der Waals surface area contributed by atoms with Crippen LogP contribution in [0.5, 0.6) is 0 Å². The van der Waals surface area contributed by atoms with Gasteiger partial charge in [0, 0.05) is 40.6 Å². The molecular formula is C29H32N6O8. The molecule has 0 aliphatic carbocycles. The first-order chi connectivity index (χ1) is 20.6. The van der Waals surface area contributed by atoms with Crippen molar-refractivity contribution in [3.8, 4) is 0 Å². The fraction of sp³-hybridized carbons (Fsp3) is 0.276. The standard InChI is InChI=1S/C29H32N6O8/c30-19(9-15-12-31-20-7-3-1-5-17(15)20)26(39)35-24(14-36)28(41)33-22(27(40)34-23(29(42)43)11-25(37)38)10-16-13-32-21-8-4-2-6-18(16)21/h1-8,12-13,19,22-24,31-32,36H,9-11,14,30H2,(H,33,41)(H,34,40)(H,35,39)(H,37,38)(H,42,43). The second-order valence-electron chi connectivity index (χ2n) is 10.0. The maximum atomic E-state index is 13.2. The van der Waals surface area contributed by atoms with E-state index in [1.165, 1.54) is 0 Å². The Bertz CT molecular complexity index is 1650. The van der Waals surface area contributed by atoms with Gasteiger partial charge in [0.05, 0.1) is 19.1 Å². The summed E-state index contributed by atoms with van der Waals surface area (Å²) in [5.41, 5.74) is 9.11. The zero-order valence-electron chi connectivity index (χ0n) is 22.9. The maximum Gasteiger partial charge on any atom is 0.326 e. The minimum Gasteiger partial charge on any atom is -0.481 e. The third-order valence-corrected chi connectivity index (χ3v) is 6.99. The molecule has 2 heterocycles. The highest BCUT2D eigenvalue weighted by atomic mass is 16.4. The molecule has 0 saturated carbocycles. The van der Waals surface area contributed by atoms with Crippen molar-refractivity contribution in [2.45, 2.75) is 43.4 Å². The molecule has 2 aromatic carbocycles. The Morgan fingerprint density at radius 2 is 1.19 bits per heavy atom. The number of fused-ring (bicyclic) bond motifs is 2. The van der Waals surface area contributed by atoms with Crippen LogP contribution in [0.15, 0.2) is 60.9 Å². The van der Waals surface area contributed by atoms with Crippen LogP contribution < -0.4 is 21.7 Å². The van der Waals surface area contributed by atoms with Gasteiger partial charge in [0.1, 0.15) is 18.1 Å². The Labute approximate surface area is 244 Å². The molecule has 0 aliphatic rings. The summed E-state index contributed by atoms with van der Waals surface area (Å²) in [6.45, 7) is -0.824. The molecule has 10 N–H and O–H groups in total. The van der Waals surface area contributed by atoms with Gasteiger partial charge >= 0.3 is 11.9 Å². The SMILES string of the molecule is NC(Cc1c[nH]c2ccccc12)C(=O)NC(CO)C(=O)NC(Cc1c[nH]c2ccccc12)C(=O)NC(CC(=O)O)C(=O)O. The van der Waals surface area contributed by atoms with Crippen LogP contribution in [-0.2, 0) is 36.8 Å². The number of hydrogen-bond donors (Lipinski definition) is 9. The van der Waals surface area contributed by atoms with E-state index in [2.05, 4.69) is 25.9 Å². The van der Waals surface area contributed by atoms with Gasteiger partial charge < -0.3 is 47.0 Å². The number of carbonyl (C=O) groups is 5. The number of aromatic amines is 2. The molecule has 4 rings (SSSR count). The second-order valence-corrected chi connectivity index (χ2v) is 10.0. The first-order valence-electron chi connectivity index (χ1n) is 13.4. The summed E-state index contributed by atoms with van der Waals surface area (Å²) in [6, 6.07) is 8.90. The van der Waals surface area contributed by atoms with Crippen LogP contribution in [0.1, 0.15) is 17.5 Å². The van der Waals surface area contributed by atoms with Gasteiger partial charge in [-0.25, -0.2) is 4.79 Å². The lowest BCUT2D eigenvalue weighted by Gasteiger charge is -2.24. The quantitative estimate of drug-likeness (QED) is 0.0938. The zero-order valence-corrected chi connectivity index (χ0v) is 22.9. The molecule has 226 valence electrons. The summed E-state index contributed by atoms with van der Waals surface area (Å²) >= 11 is 0. The van der Waals surface area contributed by atoms with Gasteiger partial charge in [0.15, 0.2) is 0 Å². The molecule has 2 aromatic heterocycles. The number of aliphatic hydroxyl groups is 1. The lowest BCUT2D eigenvalue weighted by Crippen LogP contribution is -2.58. The summed E-state index contributed by atoms with van der Waals surface area (Å²) in [5.74, 6) is -5.63. The monoisotopic (exact) mass is 592 g/mol. The molecular weight excluding hydrogens is 560 g/mol. The van der Waals surface area contributed by atoms with E-state index >= 15 is 0 Å². The van der Waals surface area contributed by atoms with Gasteiger partial charge in [0.2, 0.25) is 17.7 Å². The van der Waals surface area contributed by atoms with E-state index in [4.69, 9.17) is 10.8 Å². The molecule has 0 aliphatic heterocycles. The van der Waals surface area contributed by atoms with Crippen molar-refractivity contribution >= 4 is 51.5 Å². The normalized spacial score (nSPS) is 14.0. The highest BCUT2D eigenvalue weighted by Gasteiger charge is 2.31. The molecule has 4 atom stereocenters. The predicted molar refractivity (Wildman–Crippen MR) is 155 cm³/mol. The minimum absolute atomic E-state index is 0.118. The Kier molecular flexibility index (Phi) is 9.75. The number of para-hydroxylation sites is 2. The number of aliphatic hydroxyl groups excluding tert-OH is 1.